The number of hydrogen-bond acceptors (Lipinski definition) is 5. The maximum atomic E-state index is 12.3. The van der Waals surface area contributed by atoms with Crippen LogP contribution < -0.4 is 10.6 Å². The lowest BCUT2D eigenvalue weighted by atomic mass is 10.1. The molecule has 1 rings (SSSR count). The van der Waals surface area contributed by atoms with Gasteiger partial charge in [0.15, 0.2) is 0 Å². The minimum atomic E-state index is -0.0134. The highest BCUT2D eigenvalue weighted by molar-refractivity contribution is 5.82. The third-order valence-corrected chi connectivity index (χ3v) is 3.74. The van der Waals surface area contributed by atoms with Crippen molar-refractivity contribution in [1.82, 2.24) is 25.3 Å². The number of amides is 1. The monoisotopic (exact) mass is 285 g/mol. The molecular weight excluding hydrogens is 254 g/mol. The van der Waals surface area contributed by atoms with Crippen LogP contribution in [0.2, 0.25) is 0 Å². The lowest BCUT2D eigenvalue weighted by Crippen LogP contribution is -2.60. The van der Waals surface area contributed by atoms with Crippen molar-refractivity contribution in [2.24, 2.45) is 0 Å². The quantitative estimate of drug-likeness (QED) is 0.592. The Morgan fingerprint density at radius 3 is 2.65 bits per heavy atom. The fourth-order valence-electron chi connectivity index (χ4n) is 2.49. The second kappa shape index (κ2) is 9.28. The van der Waals surface area contributed by atoms with Gasteiger partial charge in [-0.25, -0.2) is 0 Å². The minimum Gasteiger partial charge on any atom is -0.355 e. The number of hydrogen-bond donors (Lipinski definition) is 2. The van der Waals surface area contributed by atoms with Gasteiger partial charge in [-0.3, -0.25) is 14.6 Å². The number of carbonyl (C=O) groups is 1. The molecule has 1 amide bonds. The first-order valence-electron chi connectivity index (χ1n) is 7.62. The Hall–Kier alpha value is -0.690. The number of carbonyl (C=O) groups excluding carboxylic acids is 1. The Morgan fingerprint density at radius 1 is 1.30 bits per heavy atom. The zero-order valence-electron chi connectivity index (χ0n) is 13.5. The summed E-state index contributed by atoms with van der Waals surface area (Å²) in [5.41, 5.74) is 0. The predicted octanol–water partition coefficient (Wildman–Crippen LogP) is -1.11. The fourth-order valence-corrected chi connectivity index (χ4v) is 2.49. The normalized spacial score (nSPS) is 21.4. The molecule has 0 aromatic carbocycles. The van der Waals surface area contributed by atoms with Crippen LogP contribution in [0.3, 0.4) is 0 Å². The van der Waals surface area contributed by atoms with E-state index in [4.69, 9.17) is 0 Å². The largest absolute Gasteiger partial charge is 0.355 e. The number of likely N-dealkylation sites (N-methyl/N-ethyl adjacent to an activating group) is 3. The van der Waals surface area contributed by atoms with Crippen molar-refractivity contribution in [3.05, 3.63) is 0 Å². The van der Waals surface area contributed by atoms with Crippen molar-refractivity contribution >= 4 is 5.91 Å². The van der Waals surface area contributed by atoms with E-state index in [1.165, 1.54) is 0 Å². The highest BCUT2D eigenvalue weighted by atomic mass is 16.2. The lowest BCUT2D eigenvalue weighted by molar-refractivity contribution is -0.128. The second-order valence-corrected chi connectivity index (χ2v) is 5.65. The highest BCUT2D eigenvalue weighted by Gasteiger charge is 2.31. The molecule has 0 spiro atoms. The van der Waals surface area contributed by atoms with E-state index in [9.17, 15) is 4.79 Å². The molecule has 20 heavy (non-hydrogen) atoms. The van der Waals surface area contributed by atoms with E-state index in [0.29, 0.717) is 6.54 Å². The molecular formula is C14H31N5O. The lowest BCUT2D eigenvalue weighted by Gasteiger charge is -2.40. The molecule has 0 aliphatic carbocycles. The standard InChI is InChI=1S/C14H31N5O/c1-5-16-14(20)13-12-18(7-6-15-2)9-11-19(13)10-8-17(3)4/h13,15H,5-12H2,1-4H3,(H,16,20). The van der Waals surface area contributed by atoms with Crippen molar-refractivity contribution in [3.8, 4) is 0 Å². The molecule has 1 unspecified atom stereocenters. The van der Waals surface area contributed by atoms with Crippen LogP contribution in [-0.2, 0) is 4.79 Å². The number of piperazine rings is 1. The average Bonchev–Trinajstić information content (AvgIpc) is 2.43. The van der Waals surface area contributed by atoms with Crippen molar-refractivity contribution in [1.29, 1.82) is 0 Å². The fraction of sp³-hybridized carbons (Fsp3) is 0.929. The molecule has 2 N–H and O–H groups in total. The summed E-state index contributed by atoms with van der Waals surface area (Å²) < 4.78 is 0. The number of nitrogens with zero attached hydrogens (tertiary/aromatic N) is 3. The molecule has 1 aliphatic rings. The van der Waals surface area contributed by atoms with E-state index in [-0.39, 0.29) is 11.9 Å². The molecule has 1 atom stereocenters. The third kappa shape index (κ3) is 5.75. The van der Waals surface area contributed by atoms with Gasteiger partial charge < -0.3 is 15.5 Å². The Morgan fingerprint density at radius 2 is 2.05 bits per heavy atom. The molecule has 0 saturated carbocycles. The first-order valence-corrected chi connectivity index (χ1v) is 7.62. The van der Waals surface area contributed by atoms with Gasteiger partial charge in [-0.15, -0.1) is 0 Å². The number of nitrogens with one attached hydrogen (secondary N) is 2. The maximum Gasteiger partial charge on any atom is 0.238 e. The molecule has 6 heteroatoms. The third-order valence-electron chi connectivity index (χ3n) is 3.74. The van der Waals surface area contributed by atoms with Gasteiger partial charge in [0.25, 0.3) is 0 Å². The minimum absolute atomic E-state index is 0.0134. The summed E-state index contributed by atoms with van der Waals surface area (Å²) >= 11 is 0. The van der Waals surface area contributed by atoms with E-state index in [1.54, 1.807) is 0 Å². The van der Waals surface area contributed by atoms with Crippen molar-refractivity contribution in [3.63, 3.8) is 0 Å². The molecule has 1 aliphatic heterocycles. The summed E-state index contributed by atoms with van der Waals surface area (Å²) in [7, 11) is 6.11. The number of rotatable bonds is 8. The van der Waals surface area contributed by atoms with Crippen LogP contribution in [0, 0.1) is 0 Å². The highest BCUT2D eigenvalue weighted by Crippen LogP contribution is 2.10. The zero-order valence-corrected chi connectivity index (χ0v) is 13.5. The molecule has 1 saturated heterocycles. The van der Waals surface area contributed by atoms with Gasteiger partial charge in [0.1, 0.15) is 6.04 Å². The smallest absolute Gasteiger partial charge is 0.238 e. The molecule has 0 aromatic rings. The molecule has 6 nitrogen and oxygen atoms in total. The molecule has 118 valence electrons. The Kier molecular flexibility index (Phi) is 8.06. The van der Waals surface area contributed by atoms with Crippen LogP contribution in [0.1, 0.15) is 6.92 Å². The summed E-state index contributed by atoms with van der Waals surface area (Å²) in [5, 5.41) is 6.15. The van der Waals surface area contributed by atoms with E-state index in [2.05, 4.69) is 39.4 Å². The van der Waals surface area contributed by atoms with Gasteiger partial charge in [0, 0.05) is 52.4 Å². The Balaban J connectivity index is 2.57. The molecule has 0 aromatic heterocycles. The predicted molar refractivity (Wildman–Crippen MR) is 83.0 cm³/mol. The van der Waals surface area contributed by atoms with Gasteiger partial charge in [-0.2, -0.15) is 0 Å². The second-order valence-electron chi connectivity index (χ2n) is 5.65. The Bertz CT molecular complexity index is 285. The molecule has 1 fully saturated rings. The summed E-state index contributed by atoms with van der Waals surface area (Å²) in [6, 6.07) is -0.0134. The van der Waals surface area contributed by atoms with Gasteiger partial charge in [0.2, 0.25) is 5.91 Å². The topological polar surface area (TPSA) is 50.9 Å². The van der Waals surface area contributed by atoms with Gasteiger partial charge in [-0.1, -0.05) is 0 Å². The molecule has 1 heterocycles. The Labute approximate surface area is 123 Å². The van der Waals surface area contributed by atoms with Gasteiger partial charge in [0.05, 0.1) is 0 Å². The van der Waals surface area contributed by atoms with Crippen LogP contribution in [-0.4, -0.2) is 100 Å². The van der Waals surface area contributed by atoms with Gasteiger partial charge >= 0.3 is 0 Å². The van der Waals surface area contributed by atoms with Crippen molar-refractivity contribution in [2.75, 3.05) is 73.5 Å². The maximum absolute atomic E-state index is 12.3. The van der Waals surface area contributed by atoms with Crippen LogP contribution in [0.25, 0.3) is 0 Å². The van der Waals surface area contributed by atoms with Crippen molar-refractivity contribution < 1.29 is 4.79 Å². The first kappa shape index (κ1) is 17.4. The van der Waals surface area contributed by atoms with Crippen LogP contribution in [0.5, 0.6) is 0 Å². The van der Waals surface area contributed by atoms with Crippen LogP contribution in [0.15, 0.2) is 0 Å². The van der Waals surface area contributed by atoms with Crippen molar-refractivity contribution in [2.45, 2.75) is 13.0 Å². The molecule has 0 radical (unpaired) electrons. The zero-order chi connectivity index (χ0) is 15.0. The van der Waals surface area contributed by atoms with E-state index in [1.807, 2.05) is 14.0 Å². The summed E-state index contributed by atoms with van der Waals surface area (Å²) in [5.74, 6) is 0.167. The molecule has 0 bridgehead atoms. The summed E-state index contributed by atoms with van der Waals surface area (Å²) in [4.78, 5) is 19.1. The summed E-state index contributed by atoms with van der Waals surface area (Å²) in [6.45, 7) is 9.46. The van der Waals surface area contributed by atoms with Crippen LogP contribution >= 0.6 is 0 Å². The average molecular weight is 285 g/mol. The van der Waals surface area contributed by atoms with E-state index in [0.717, 1.165) is 45.8 Å². The van der Waals surface area contributed by atoms with Gasteiger partial charge in [-0.05, 0) is 28.1 Å². The SMILES string of the molecule is CCNC(=O)C1CN(CCNC)CCN1CCN(C)C. The van der Waals surface area contributed by atoms with E-state index >= 15 is 0 Å². The van der Waals surface area contributed by atoms with Crippen LogP contribution in [0.4, 0.5) is 0 Å². The first-order chi connectivity index (χ1) is 9.58. The summed E-state index contributed by atoms with van der Waals surface area (Å²) in [6.07, 6.45) is 0. The van der Waals surface area contributed by atoms with E-state index < -0.39 is 0 Å².